The lowest BCUT2D eigenvalue weighted by Gasteiger charge is -2.23. The van der Waals surface area contributed by atoms with E-state index >= 15 is 0 Å². The number of amides is 2. The fraction of sp³-hybridized carbons (Fsp3) is 0.714. The number of nitrogens with zero attached hydrogens (tertiary/aromatic N) is 2. The van der Waals surface area contributed by atoms with E-state index in [-0.39, 0.29) is 12.1 Å². The molecule has 106 valence electrons. The number of rotatable bonds is 4. The predicted octanol–water partition coefficient (Wildman–Crippen LogP) is 2.74. The number of nitrogens with one attached hydrogen (secondary N) is 1. The molecule has 1 aromatic heterocycles. The van der Waals surface area contributed by atoms with Crippen molar-refractivity contribution >= 4 is 6.03 Å². The van der Waals surface area contributed by atoms with Gasteiger partial charge in [0.2, 0.25) is 0 Å². The molecule has 5 nitrogen and oxygen atoms in total. The van der Waals surface area contributed by atoms with Gasteiger partial charge in [0, 0.05) is 19.2 Å². The predicted molar refractivity (Wildman–Crippen MR) is 72.8 cm³/mol. The average Bonchev–Trinajstić information content (AvgIpc) is 3.03. The zero-order valence-electron chi connectivity index (χ0n) is 12.0. The molecule has 0 spiro atoms. The molecule has 2 rings (SSSR count). The van der Waals surface area contributed by atoms with Gasteiger partial charge in [-0.05, 0) is 25.2 Å². The first-order chi connectivity index (χ1) is 9.11. The lowest BCUT2D eigenvalue weighted by Crippen LogP contribution is -2.40. The summed E-state index contributed by atoms with van der Waals surface area (Å²) in [6.45, 7) is 7.72. The number of aryl methyl sites for hydroxylation is 1. The van der Waals surface area contributed by atoms with Gasteiger partial charge in [0.05, 0.1) is 11.7 Å². The highest BCUT2D eigenvalue weighted by atomic mass is 16.5. The van der Waals surface area contributed by atoms with E-state index in [1.807, 2.05) is 17.9 Å². The molecule has 2 amide bonds. The van der Waals surface area contributed by atoms with Crippen molar-refractivity contribution in [1.29, 1.82) is 0 Å². The van der Waals surface area contributed by atoms with Crippen molar-refractivity contribution in [2.24, 2.45) is 5.92 Å². The Kier molecular flexibility index (Phi) is 4.45. The summed E-state index contributed by atoms with van der Waals surface area (Å²) in [5, 5.41) is 6.98. The van der Waals surface area contributed by atoms with Crippen LogP contribution in [0.5, 0.6) is 0 Å². The summed E-state index contributed by atoms with van der Waals surface area (Å²) < 4.78 is 5.37. The second-order valence-corrected chi connectivity index (χ2v) is 5.51. The van der Waals surface area contributed by atoms with Gasteiger partial charge in [-0.25, -0.2) is 4.79 Å². The molecule has 19 heavy (non-hydrogen) atoms. The lowest BCUT2D eigenvalue weighted by atomic mass is 10.1. The maximum absolute atomic E-state index is 12.2. The largest absolute Gasteiger partial charge is 0.359 e. The van der Waals surface area contributed by atoms with E-state index in [1.54, 1.807) is 0 Å². The molecule has 1 N–H and O–H groups in total. The third kappa shape index (κ3) is 3.28. The minimum absolute atomic E-state index is 0.00523. The van der Waals surface area contributed by atoms with Gasteiger partial charge in [0.15, 0.2) is 5.76 Å². The summed E-state index contributed by atoms with van der Waals surface area (Å²) in [4.78, 5) is 14.0. The molecule has 1 aromatic rings. The highest BCUT2D eigenvalue weighted by molar-refractivity contribution is 5.75. The van der Waals surface area contributed by atoms with Crippen molar-refractivity contribution in [3.8, 4) is 0 Å². The van der Waals surface area contributed by atoms with Crippen molar-refractivity contribution in [2.45, 2.75) is 46.1 Å². The molecular weight excluding hydrogens is 242 g/mol. The van der Waals surface area contributed by atoms with Crippen LogP contribution >= 0.6 is 0 Å². The molecule has 0 aliphatic carbocycles. The molecule has 1 atom stereocenters. The Morgan fingerprint density at radius 2 is 2.42 bits per heavy atom. The van der Waals surface area contributed by atoms with Gasteiger partial charge >= 0.3 is 6.03 Å². The summed E-state index contributed by atoms with van der Waals surface area (Å²) in [6.07, 6.45) is 2.82. The molecule has 5 heteroatoms. The van der Waals surface area contributed by atoms with Crippen LogP contribution in [0.25, 0.3) is 0 Å². The summed E-state index contributed by atoms with van der Waals surface area (Å²) in [5.41, 5.74) is 0.949. The van der Waals surface area contributed by atoms with E-state index < -0.39 is 0 Å². The molecule has 0 unspecified atom stereocenters. The smallest absolute Gasteiger partial charge is 0.318 e. The molecule has 0 bridgehead atoms. The van der Waals surface area contributed by atoms with Gasteiger partial charge in [-0.1, -0.05) is 25.9 Å². The molecule has 0 aromatic carbocycles. The van der Waals surface area contributed by atoms with Crippen LogP contribution < -0.4 is 5.32 Å². The van der Waals surface area contributed by atoms with E-state index in [2.05, 4.69) is 24.3 Å². The minimum Gasteiger partial charge on any atom is -0.359 e. The Labute approximate surface area is 114 Å². The van der Waals surface area contributed by atoms with E-state index in [0.717, 1.165) is 37.3 Å². The number of hydrogen-bond donors (Lipinski definition) is 1. The number of aromatic nitrogens is 1. The second kappa shape index (κ2) is 6.08. The molecule has 0 radical (unpaired) electrons. The van der Waals surface area contributed by atoms with Crippen molar-refractivity contribution in [3.63, 3.8) is 0 Å². The van der Waals surface area contributed by atoms with Crippen LogP contribution in [-0.4, -0.2) is 29.2 Å². The van der Waals surface area contributed by atoms with Gasteiger partial charge < -0.3 is 14.7 Å². The molecule has 2 heterocycles. The fourth-order valence-electron chi connectivity index (χ4n) is 2.35. The Bertz CT molecular complexity index is 428. The van der Waals surface area contributed by atoms with Crippen LogP contribution in [0.3, 0.4) is 0 Å². The summed E-state index contributed by atoms with van der Waals surface area (Å²) in [5.74, 6) is 1.27. The van der Waals surface area contributed by atoms with Gasteiger partial charge in [0.25, 0.3) is 0 Å². The highest BCUT2D eigenvalue weighted by Crippen LogP contribution is 2.32. The summed E-state index contributed by atoms with van der Waals surface area (Å²) in [6, 6.07) is 2.02. The summed E-state index contributed by atoms with van der Waals surface area (Å²) >= 11 is 0. The topological polar surface area (TPSA) is 58.4 Å². The van der Waals surface area contributed by atoms with Crippen molar-refractivity contribution in [1.82, 2.24) is 15.4 Å². The molecule has 1 saturated heterocycles. The third-order valence-corrected chi connectivity index (χ3v) is 3.44. The SMILES string of the molecule is CCc1cc([C@@H]2CCCN2C(=O)NCC(C)C)on1. The van der Waals surface area contributed by atoms with Gasteiger partial charge in [-0.3, -0.25) is 0 Å². The monoisotopic (exact) mass is 265 g/mol. The first-order valence-electron chi connectivity index (χ1n) is 7.11. The lowest BCUT2D eigenvalue weighted by molar-refractivity contribution is 0.181. The maximum atomic E-state index is 12.2. The fourth-order valence-corrected chi connectivity index (χ4v) is 2.35. The molecule has 0 saturated carbocycles. The van der Waals surface area contributed by atoms with Crippen molar-refractivity contribution in [3.05, 3.63) is 17.5 Å². The molecule has 1 aliphatic heterocycles. The Balaban J connectivity index is 2.01. The van der Waals surface area contributed by atoms with Crippen LogP contribution in [0.4, 0.5) is 4.79 Å². The van der Waals surface area contributed by atoms with Crippen molar-refractivity contribution < 1.29 is 9.32 Å². The zero-order chi connectivity index (χ0) is 13.8. The highest BCUT2D eigenvalue weighted by Gasteiger charge is 2.32. The summed E-state index contributed by atoms with van der Waals surface area (Å²) in [7, 11) is 0. The standard InChI is InChI=1S/C14H23N3O2/c1-4-11-8-13(19-16-11)12-6-5-7-17(12)14(18)15-9-10(2)3/h8,10,12H,4-7,9H2,1-3H3,(H,15,18)/t12-/m0/s1. The number of hydrogen-bond acceptors (Lipinski definition) is 3. The van der Waals surface area contributed by atoms with E-state index in [1.165, 1.54) is 0 Å². The number of urea groups is 1. The second-order valence-electron chi connectivity index (χ2n) is 5.51. The number of likely N-dealkylation sites (tertiary alicyclic amines) is 1. The number of carbonyl (C=O) groups excluding carboxylic acids is 1. The van der Waals surface area contributed by atoms with Gasteiger partial charge in [-0.15, -0.1) is 0 Å². The van der Waals surface area contributed by atoms with Crippen molar-refractivity contribution in [2.75, 3.05) is 13.1 Å². The molecule has 1 aliphatic rings. The minimum atomic E-state index is 0.00523. The van der Waals surface area contributed by atoms with Crippen LogP contribution in [0.1, 0.15) is 51.1 Å². The van der Waals surface area contributed by atoms with Crippen LogP contribution in [0.2, 0.25) is 0 Å². The zero-order valence-corrected chi connectivity index (χ0v) is 12.0. The molecular formula is C14H23N3O2. The van der Waals surface area contributed by atoms with Crippen LogP contribution in [-0.2, 0) is 6.42 Å². The van der Waals surface area contributed by atoms with Crippen LogP contribution in [0.15, 0.2) is 10.6 Å². The maximum Gasteiger partial charge on any atom is 0.318 e. The van der Waals surface area contributed by atoms with Gasteiger partial charge in [-0.2, -0.15) is 0 Å². The van der Waals surface area contributed by atoms with E-state index in [4.69, 9.17) is 4.52 Å². The Hall–Kier alpha value is -1.52. The average molecular weight is 265 g/mol. The van der Waals surface area contributed by atoms with Gasteiger partial charge in [0.1, 0.15) is 0 Å². The number of carbonyl (C=O) groups is 1. The van der Waals surface area contributed by atoms with E-state index in [9.17, 15) is 4.79 Å². The molecule has 1 fully saturated rings. The Morgan fingerprint density at radius 1 is 1.63 bits per heavy atom. The normalized spacial score (nSPS) is 19.2. The van der Waals surface area contributed by atoms with Crippen LogP contribution in [0, 0.1) is 5.92 Å². The first-order valence-corrected chi connectivity index (χ1v) is 7.11. The first kappa shape index (κ1) is 13.9. The third-order valence-electron chi connectivity index (χ3n) is 3.44. The van der Waals surface area contributed by atoms with E-state index in [0.29, 0.717) is 12.5 Å². The Morgan fingerprint density at radius 3 is 3.05 bits per heavy atom. The quantitative estimate of drug-likeness (QED) is 0.910.